The Balaban J connectivity index is 2.24. The molecule has 100 valence electrons. The standard InChI is InChI=1S/C16H18FNO/c1-16(2,12-8-10-13(19-3)11-9-12)18-15-7-5-4-6-14(15)17/h4-11,18H,1-3H3. The van der Waals surface area contributed by atoms with Crippen LogP contribution in [0.1, 0.15) is 19.4 Å². The molecular formula is C16H18FNO. The van der Waals surface area contributed by atoms with Gasteiger partial charge in [-0.05, 0) is 43.7 Å². The van der Waals surface area contributed by atoms with Gasteiger partial charge in [0.2, 0.25) is 0 Å². The van der Waals surface area contributed by atoms with Gasteiger partial charge in [0.1, 0.15) is 11.6 Å². The van der Waals surface area contributed by atoms with E-state index in [9.17, 15) is 4.39 Å². The lowest BCUT2D eigenvalue weighted by atomic mass is 9.94. The lowest BCUT2D eigenvalue weighted by molar-refractivity contribution is 0.414. The summed E-state index contributed by atoms with van der Waals surface area (Å²) >= 11 is 0. The number of rotatable bonds is 4. The number of hydrogen-bond acceptors (Lipinski definition) is 2. The second-order valence-electron chi connectivity index (χ2n) is 4.96. The van der Waals surface area contributed by atoms with Crippen molar-refractivity contribution in [2.24, 2.45) is 0 Å². The number of methoxy groups -OCH3 is 1. The highest BCUT2D eigenvalue weighted by atomic mass is 19.1. The Labute approximate surface area is 113 Å². The number of hydrogen-bond donors (Lipinski definition) is 1. The second kappa shape index (κ2) is 5.31. The summed E-state index contributed by atoms with van der Waals surface area (Å²) < 4.78 is 18.8. The van der Waals surface area contributed by atoms with Crippen molar-refractivity contribution >= 4 is 5.69 Å². The monoisotopic (exact) mass is 259 g/mol. The summed E-state index contributed by atoms with van der Waals surface area (Å²) in [6, 6.07) is 14.4. The number of anilines is 1. The van der Waals surface area contributed by atoms with Crippen LogP contribution in [-0.2, 0) is 5.54 Å². The molecule has 0 amide bonds. The van der Waals surface area contributed by atoms with Crippen LogP contribution in [0.5, 0.6) is 5.75 Å². The fourth-order valence-corrected chi connectivity index (χ4v) is 1.98. The van der Waals surface area contributed by atoms with E-state index in [2.05, 4.69) is 5.32 Å². The van der Waals surface area contributed by atoms with Gasteiger partial charge in [-0.25, -0.2) is 4.39 Å². The topological polar surface area (TPSA) is 21.3 Å². The Morgan fingerprint density at radius 1 is 1.00 bits per heavy atom. The van der Waals surface area contributed by atoms with E-state index >= 15 is 0 Å². The van der Waals surface area contributed by atoms with Crippen molar-refractivity contribution in [3.8, 4) is 5.75 Å². The fraction of sp³-hybridized carbons (Fsp3) is 0.250. The zero-order chi connectivity index (χ0) is 13.9. The first-order valence-electron chi connectivity index (χ1n) is 6.20. The van der Waals surface area contributed by atoms with Gasteiger partial charge in [-0.15, -0.1) is 0 Å². The molecular weight excluding hydrogens is 241 g/mol. The second-order valence-corrected chi connectivity index (χ2v) is 4.96. The largest absolute Gasteiger partial charge is 0.497 e. The van der Waals surface area contributed by atoms with Crippen LogP contribution in [-0.4, -0.2) is 7.11 Å². The molecule has 1 N–H and O–H groups in total. The first-order chi connectivity index (χ1) is 9.03. The molecule has 2 nitrogen and oxygen atoms in total. The number of benzene rings is 2. The third-order valence-corrected chi connectivity index (χ3v) is 3.13. The molecule has 3 heteroatoms. The summed E-state index contributed by atoms with van der Waals surface area (Å²) in [5.74, 6) is 0.564. The van der Waals surface area contributed by atoms with Crippen LogP contribution in [0.4, 0.5) is 10.1 Å². The molecule has 19 heavy (non-hydrogen) atoms. The predicted molar refractivity (Wildman–Crippen MR) is 76.0 cm³/mol. The van der Waals surface area contributed by atoms with E-state index in [4.69, 9.17) is 4.74 Å². The molecule has 0 aromatic heterocycles. The average molecular weight is 259 g/mol. The molecule has 2 aromatic rings. The van der Waals surface area contributed by atoms with E-state index in [-0.39, 0.29) is 11.4 Å². The van der Waals surface area contributed by atoms with Gasteiger partial charge in [-0.3, -0.25) is 0 Å². The van der Waals surface area contributed by atoms with E-state index in [0.717, 1.165) is 11.3 Å². The van der Waals surface area contributed by atoms with Crippen LogP contribution in [0.2, 0.25) is 0 Å². The minimum absolute atomic E-state index is 0.246. The van der Waals surface area contributed by atoms with Crippen LogP contribution in [0.3, 0.4) is 0 Å². The van der Waals surface area contributed by atoms with Crippen molar-refractivity contribution in [2.45, 2.75) is 19.4 Å². The molecule has 0 spiro atoms. The number of nitrogens with one attached hydrogen (secondary N) is 1. The van der Waals surface area contributed by atoms with Crippen LogP contribution >= 0.6 is 0 Å². The molecule has 0 aliphatic carbocycles. The van der Waals surface area contributed by atoms with Gasteiger partial charge in [0.15, 0.2) is 0 Å². The molecule has 0 aliphatic rings. The SMILES string of the molecule is COc1ccc(C(C)(C)Nc2ccccc2F)cc1. The fourth-order valence-electron chi connectivity index (χ4n) is 1.98. The van der Waals surface area contributed by atoms with Gasteiger partial charge in [0, 0.05) is 0 Å². The van der Waals surface area contributed by atoms with Gasteiger partial charge in [0.25, 0.3) is 0 Å². The Bertz CT molecular complexity index is 549. The van der Waals surface area contributed by atoms with Crippen LogP contribution in [0.15, 0.2) is 48.5 Å². The third kappa shape index (κ3) is 3.05. The summed E-state index contributed by atoms with van der Waals surface area (Å²) in [5, 5.41) is 3.22. The van der Waals surface area contributed by atoms with Crippen molar-refractivity contribution in [3.05, 3.63) is 59.9 Å². The zero-order valence-electron chi connectivity index (χ0n) is 11.4. The van der Waals surface area contributed by atoms with Crippen molar-refractivity contribution in [1.29, 1.82) is 0 Å². The highest BCUT2D eigenvalue weighted by Gasteiger charge is 2.21. The smallest absolute Gasteiger partial charge is 0.146 e. The molecule has 0 saturated carbocycles. The normalized spacial score (nSPS) is 11.2. The lowest BCUT2D eigenvalue weighted by Gasteiger charge is -2.28. The van der Waals surface area contributed by atoms with Crippen LogP contribution in [0, 0.1) is 5.82 Å². The lowest BCUT2D eigenvalue weighted by Crippen LogP contribution is -2.28. The van der Waals surface area contributed by atoms with Crippen LogP contribution < -0.4 is 10.1 Å². The molecule has 0 fully saturated rings. The van der Waals surface area contributed by atoms with Crippen LogP contribution in [0.25, 0.3) is 0 Å². The minimum Gasteiger partial charge on any atom is -0.497 e. The number of ether oxygens (including phenoxy) is 1. The summed E-state index contributed by atoms with van der Waals surface area (Å²) in [7, 11) is 1.64. The summed E-state index contributed by atoms with van der Waals surface area (Å²) in [4.78, 5) is 0. The summed E-state index contributed by atoms with van der Waals surface area (Å²) in [5.41, 5.74) is 1.20. The van der Waals surface area contributed by atoms with E-state index in [0.29, 0.717) is 5.69 Å². The van der Waals surface area contributed by atoms with Gasteiger partial charge in [-0.1, -0.05) is 24.3 Å². The molecule has 2 rings (SSSR count). The van der Waals surface area contributed by atoms with Crippen molar-refractivity contribution in [1.82, 2.24) is 0 Å². The summed E-state index contributed by atoms with van der Waals surface area (Å²) in [6.45, 7) is 4.03. The molecule has 0 heterocycles. The average Bonchev–Trinajstić information content (AvgIpc) is 2.41. The first-order valence-corrected chi connectivity index (χ1v) is 6.20. The molecule has 0 atom stereocenters. The first kappa shape index (κ1) is 13.4. The highest BCUT2D eigenvalue weighted by molar-refractivity contribution is 5.48. The Kier molecular flexibility index (Phi) is 3.74. The Hall–Kier alpha value is -2.03. The maximum atomic E-state index is 13.7. The van der Waals surface area contributed by atoms with Gasteiger partial charge >= 0.3 is 0 Å². The van der Waals surface area contributed by atoms with E-state index < -0.39 is 0 Å². The molecule has 2 aromatic carbocycles. The molecule has 0 saturated heterocycles. The minimum atomic E-state index is -0.367. The van der Waals surface area contributed by atoms with E-state index in [1.54, 1.807) is 19.2 Å². The molecule has 0 radical (unpaired) electrons. The van der Waals surface area contributed by atoms with Gasteiger partial charge < -0.3 is 10.1 Å². The third-order valence-electron chi connectivity index (χ3n) is 3.13. The quantitative estimate of drug-likeness (QED) is 0.889. The number of halogens is 1. The van der Waals surface area contributed by atoms with E-state index in [1.807, 2.05) is 44.2 Å². The van der Waals surface area contributed by atoms with E-state index in [1.165, 1.54) is 6.07 Å². The predicted octanol–water partition coefficient (Wildman–Crippen LogP) is 4.18. The maximum Gasteiger partial charge on any atom is 0.146 e. The maximum absolute atomic E-state index is 13.7. The van der Waals surface area contributed by atoms with Gasteiger partial charge in [-0.2, -0.15) is 0 Å². The highest BCUT2D eigenvalue weighted by Crippen LogP contribution is 2.28. The number of para-hydroxylation sites is 1. The van der Waals surface area contributed by atoms with Crippen molar-refractivity contribution < 1.29 is 9.13 Å². The van der Waals surface area contributed by atoms with Gasteiger partial charge in [0.05, 0.1) is 18.3 Å². The Morgan fingerprint density at radius 2 is 1.63 bits per heavy atom. The zero-order valence-corrected chi connectivity index (χ0v) is 11.4. The van der Waals surface area contributed by atoms with Crippen molar-refractivity contribution in [2.75, 3.05) is 12.4 Å². The molecule has 0 bridgehead atoms. The van der Waals surface area contributed by atoms with Crippen molar-refractivity contribution in [3.63, 3.8) is 0 Å². The molecule has 0 aliphatic heterocycles. The molecule has 0 unspecified atom stereocenters. The Morgan fingerprint density at radius 3 is 2.21 bits per heavy atom. The summed E-state index contributed by atoms with van der Waals surface area (Å²) in [6.07, 6.45) is 0.